The zero-order chi connectivity index (χ0) is 16.2. The molecule has 132 valence electrons. The summed E-state index contributed by atoms with van der Waals surface area (Å²) in [4.78, 5) is 13.4. The summed E-state index contributed by atoms with van der Waals surface area (Å²) in [6, 6.07) is 8.10. The van der Waals surface area contributed by atoms with Crippen LogP contribution in [0.2, 0.25) is 0 Å². The van der Waals surface area contributed by atoms with Crippen LogP contribution in [0.15, 0.2) is 24.3 Å². The van der Waals surface area contributed by atoms with Crippen LogP contribution in [0.4, 0.5) is 0 Å². The van der Waals surface area contributed by atoms with Crippen LogP contribution in [0.5, 0.6) is 0 Å². The highest BCUT2D eigenvalue weighted by Gasteiger charge is 2.05. The van der Waals surface area contributed by atoms with Gasteiger partial charge in [-0.1, -0.05) is 44.7 Å². The van der Waals surface area contributed by atoms with E-state index in [9.17, 15) is 4.79 Å². The summed E-state index contributed by atoms with van der Waals surface area (Å²) in [6.07, 6.45) is 8.67. The van der Waals surface area contributed by atoms with Gasteiger partial charge in [-0.3, -0.25) is 4.79 Å². The second kappa shape index (κ2) is 13.4. The van der Waals surface area contributed by atoms with Crippen LogP contribution in [-0.2, 0) is 6.42 Å². The standard InChI is InChI=1S/C19H32N2O.ClH/c1-4-5-6-7-8-10-17-11-13-18(14-12-17)19(22)20-15-9-16-21(2)3;/h11-14H,4-10,15-16H2,1-3H3,(H,20,22);1H. The Labute approximate surface area is 148 Å². The Balaban J connectivity index is 0.00000484. The normalized spacial score (nSPS) is 10.4. The van der Waals surface area contributed by atoms with E-state index < -0.39 is 0 Å². The fourth-order valence-electron chi connectivity index (χ4n) is 2.50. The second-order valence-corrected chi connectivity index (χ2v) is 6.43. The molecule has 1 aromatic carbocycles. The molecule has 0 atom stereocenters. The van der Waals surface area contributed by atoms with Crippen molar-refractivity contribution in [2.24, 2.45) is 0 Å². The molecule has 4 heteroatoms. The van der Waals surface area contributed by atoms with Crippen LogP contribution in [0.25, 0.3) is 0 Å². The summed E-state index contributed by atoms with van der Waals surface area (Å²) in [5, 5.41) is 2.99. The van der Waals surface area contributed by atoms with Gasteiger partial charge in [0.25, 0.3) is 5.91 Å². The number of quaternary nitrogens is 1. The molecule has 0 saturated heterocycles. The highest BCUT2D eigenvalue weighted by Crippen LogP contribution is 2.10. The highest BCUT2D eigenvalue weighted by molar-refractivity contribution is 5.94. The Hall–Kier alpha value is -1.06. The smallest absolute Gasteiger partial charge is 0.251 e. The van der Waals surface area contributed by atoms with Crippen LogP contribution in [0, 0.1) is 0 Å². The predicted molar refractivity (Wildman–Crippen MR) is 93.5 cm³/mol. The molecule has 0 heterocycles. The molecule has 1 aromatic rings. The molecular weight excluding hydrogens is 308 g/mol. The molecule has 23 heavy (non-hydrogen) atoms. The number of rotatable bonds is 11. The molecule has 0 unspecified atom stereocenters. The molecule has 0 aromatic heterocycles. The molecule has 2 N–H and O–H groups in total. The Kier molecular flexibility index (Phi) is 12.8. The third-order valence-corrected chi connectivity index (χ3v) is 3.92. The molecule has 0 saturated carbocycles. The molecule has 0 aliphatic carbocycles. The molecule has 0 aliphatic rings. The van der Waals surface area contributed by atoms with Crippen molar-refractivity contribution < 1.29 is 22.1 Å². The lowest BCUT2D eigenvalue weighted by Crippen LogP contribution is -3.05. The number of carbonyl (C=O) groups excluding carboxylic acids is 1. The van der Waals surface area contributed by atoms with E-state index in [1.807, 2.05) is 12.1 Å². The van der Waals surface area contributed by atoms with Crippen LogP contribution in [0.1, 0.15) is 61.4 Å². The third kappa shape index (κ3) is 10.4. The van der Waals surface area contributed by atoms with Crippen molar-refractivity contribution in [3.05, 3.63) is 35.4 Å². The monoisotopic (exact) mass is 340 g/mol. The van der Waals surface area contributed by atoms with Crippen LogP contribution >= 0.6 is 0 Å². The summed E-state index contributed by atoms with van der Waals surface area (Å²) in [5.41, 5.74) is 2.11. The molecular formula is C19H33ClN2O. The quantitative estimate of drug-likeness (QED) is 0.522. The SMILES string of the molecule is CCCCCCCc1ccc(C(=O)NCCC[NH+](C)C)cc1.[Cl-]. The van der Waals surface area contributed by atoms with Crippen molar-refractivity contribution in [3.8, 4) is 0 Å². The van der Waals surface area contributed by atoms with E-state index in [-0.39, 0.29) is 18.3 Å². The number of carbonyl (C=O) groups is 1. The number of hydrogen-bond donors (Lipinski definition) is 2. The van der Waals surface area contributed by atoms with Gasteiger partial charge in [0.2, 0.25) is 0 Å². The average molecular weight is 341 g/mol. The Bertz CT molecular complexity index is 418. The lowest BCUT2D eigenvalue weighted by atomic mass is 10.0. The van der Waals surface area contributed by atoms with E-state index in [1.54, 1.807) is 0 Å². The van der Waals surface area contributed by atoms with E-state index >= 15 is 0 Å². The maximum absolute atomic E-state index is 12.0. The largest absolute Gasteiger partial charge is 1.00 e. The molecule has 3 nitrogen and oxygen atoms in total. The van der Waals surface area contributed by atoms with Crippen LogP contribution < -0.4 is 22.6 Å². The molecule has 0 aliphatic heterocycles. The van der Waals surface area contributed by atoms with E-state index in [4.69, 9.17) is 0 Å². The Morgan fingerprint density at radius 1 is 1.00 bits per heavy atom. The first-order valence-corrected chi connectivity index (χ1v) is 8.79. The predicted octanol–water partition coefficient (Wildman–Crippen LogP) is -0.532. The van der Waals surface area contributed by atoms with Crippen LogP contribution in [0.3, 0.4) is 0 Å². The van der Waals surface area contributed by atoms with Gasteiger partial charge in [-0.25, -0.2) is 0 Å². The highest BCUT2D eigenvalue weighted by atomic mass is 35.5. The molecule has 0 spiro atoms. The van der Waals surface area contributed by atoms with Crippen molar-refractivity contribution in [1.29, 1.82) is 0 Å². The minimum absolute atomic E-state index is 0. The van der Waals surface area contributed by atoms with Crippen molar-refractivity contribution in [2.45, 2.75) is 51.9 Å². The van der Waals surface area contributed by atoms with Gasteiger partial charge in [-0.15, -0.1) is 0 Å². The first kappa shape index (κ1) is 21.9. The van der Waals surface area contributed by atoms with Gasteiger partial charge < -0.3 is 22.6 Å². The molecule has 0 radical (unpaired) electrons. The van der Waals surface area contributed by atoms with Gasteiger partial charge in [0.15, 0.2) is 0 Å². The number of aryl methyl sites for hydroxylation is 1. The number of halogens is 1. The van der Waals surface area contributed by atoms with Gasteiger partial charge in [-0.2, -0.15) is 0 Å². The van der Waals surface area contributed by atoms with Gasteiger partial charge in [0, 0.05) is 18.5 Å². The minimum Gasteiger partial charge on any atom is -1.00 e. The van der Waals surface area contributed by atoms with Crippen LogP contribution in [-0.4, -0.2) is 33.1 Å². The number of benzene rings is 1. The fraction of sp³-hybridized carbons (Fsp3) is 0.632. The average Bonchev–Trinajstić information content (AvgIpc) is 2.51. The summed E-state index contributed by atoms with van der Waals surface area (Å²) < 4.78 is 0. The van der Waals surface area contributed by atoms with Crippen molar-refractivity contribution in [1.82, 2.24) is 5.32 Å². The summed E-state index contributed by atoms with van der Waals surface area (Å²) in [7, 11) is 4.26. The van der Waals surface area contributed by atoms with E-state index in [1.165, 1.54) is 42.6 Å². The van der Waals surface area contributed by atoms with Gasteiger partial charge in [0.05, 0.1) is 20.6 Å². The maximum Gasteiger partial charge on any atom is 0.251 e. The zero-order valence-electron chi connectivity index (χ0n) is 15.0. The van der Waals surface area contributed by atoms with Gasteiger partial charge >= 0.3 is 0 Å². The number of unbranched alkanes of at least 4 members (excludes halogenated alkanes) is 4. The fourth-order valence-corrected chi connectivity index (χ4v) is 2.50. The van der Waals surface area contributed by atoms with E-state index in [2.05, 4.69) is 38.5 Å². The minimum atomic E-state index is 0. The molecule has 0 bridgehead atoms. The summed E-state index contributed by atoms with van der Waals surface area (Å²) in [5.74, 6) is 0.0447. The Morgan fingerprint density at radius 2 is 1.65 bits per heavy atom. The maximum atomic E-state index is 12.0. The Morgan fingerprint density at radius 3 is 2.26 bits per heavy atom. The van der Waals surface area contributed by atoms with E-state index in [0.29, 0.717) is 0 Å². The number of nitrogens with one attached hydrogen (secondary N) is 2. The lowest BCUT2D eigenvalue weighted by molar-refractivity contribution is -0.858. The van der Waals surface area contributed by atoms with Crippen molar-refractivity contribution in [3.63, 3.8) is 0 Å². The zero-order valence-corrected chi connectivity index (χ0v) is 15.7. The molecule has 0 fully saturated rings. The van der Waals surface area contributed by atoms with Crippen molar-refractivity contribution in [2.75, 3.05) is 27.2 Å². The molecule has 1 rings (SSSR count). The summed E-state index contributed by atoms with van der Waals surface area (Å²) in [6.45, 7) is 4.08. The van der Waals surface area contributed by atoms with Gasteiger partial charge in [0.1, 0.15) is 0 Å². The topological polar surface area (TPSA) is 33.5 Å². The lowest BCUT2D eigenvalue weighted by Gasteiger charge is -2.08. The third-order valence-electron chi connectivity index (χ3n) is 3.92. The first-order valence-electron chi connectivity index (χ1n) is 8.79. The van der Waals surface area contributed by atoms with Gasteiger partial charge in [-0.05, 0) is 30.5 Å². The second-order valence-electron chi connectivity index (χ2n) is 6.43. The first-order chi connectivity index (χ1) is 10.6. The summed E-state index contributed by atoms with van der Waals surface area (Å²) >= 11 is 0. The molecule has 1 amide bonds. The van der Waals surface area contributed by atoms with Crippen molar-refractivity contribution >= 4 is 5.91 Å². The number of hydrogen-bond acceptors (Lipinski definition) is 1. The van der Waals surface area contributed by atoms with E-state index in [0.717, 1.165) is 31.5 Å². The number of amides is 1.